The van der Waals surface area contributed by atoms with Crippen molar-refractivity contribution in [2.24, 2.45) is 16.3 Å². The van der Waals surface area contributed by atoms with Crippen LogP contribution in [0, 0.1) is 5.41 Å². The lowest BCUT2D eigenvalue weighted by Gasteiger charge is -2.36. The summed E-state index contributed by atoms with van der Waals surface area (Å²) in [5.74, 6) is 0.858. The molecule has 0 aromatic carbocycles. The molecule has 0 radical (unpaired) electrons. The van der Waals surface area contributed by atoms with E-state index in [4.69, 9.17) is 10.9 Å². The van der Waals surface area contributed by atoms with E-state index in [9.17, 15) is 4.79 Å². The van der Waals surface area contributed by atoms with E-state index >= 15 is 0 Å². The molecule has 1 amide bonds. The summed E-state index contributed by atoms with van der Waals surface area (Å²) in [7, 11) is 0. The van der Waals surface area contributed by atoms with Crippen molar-refractivity contribution in [3.8, 4) is 0 Å². The molecule has 3 N–H and O–H groups in total. The molecule has 5 nitrogen and oxygen atoms in total. The van der Waals surface area contributed by atoms with Crippen LogP contribution in [0.1, 0.15) is 27.2 Å². The average Bonchev–Trinajstić information content (AvgIpc) is 2.36. The van der Waals surface area contributed by atoms with Crippen LogP contribution in [0.2, 0.25) is 0 Å². The van der Waals surface area contributed by atoms with E-state index in [0.717, 1.165) is 25.3 Å². The number of thioether (sulfide) groups is 1. The van der Waals surface area contributed by atoms with Gasteiger partial charge in [-0.2, -0.15) is 11.8 Å². The van der Waals surface area contributed by atoms with Gasteiger partial charge in [-0.1, -0.05) is 12.1 Å². The smallest absolute Gasteiger partial charge is 0.236 e. The minimum Gasteiger partial charge on any atom is -0.409 e. The van der Waals surface area contributed by atoms with Gasteiger partial charge in [0, 0.05) is 24.1 Å². The molecule has 0 aromatic heterocycles. The van der Waals surface area contributed by atoms with Crippen molar-refractivity contribution in [1.29, 1.82) is 0 Å². The maximum Gasteiger partial charge on any atom is 0.236 e. The second-order valence-corrected chi connectivity index (χ2v) is 6.17. The first-order valence-electron chi connectivity index (χ1n) is 5.82. The molecule has 0 aromatic rings. The van der Waals surface area contributed by atoms with Crippen LogP contribution in [-0.4, -0.2) is 45.9 Å². The Morgan fingerprint density at radius 3 is 2.82 bits per heavy atom. The molecular formula is C11H21N3O2S. The lowest BCUT2D eigenvalue weighted by molar-refractivity contribution is -0.137. The molecule has 1 heterocycles. The quantitative estimate of drug-likeness (QED) is 0.344. The molecular weight excluding hydrogens is 238 g/mol. The Hall–Kier alpha value is -0.910. The zero-order valence-electron chi connectivity index (χ0n) is 10.6. The van der Waals surface area contributed by atoms with Crippen molar-refractivity contribution in [1.82, 2.24) is 4.90 Å². The van der Waals surface area contributed by atoms with Gasteiger partial charge >= 0.3 is 0 Å². The number of hydrogen-bond donors (Lipinski definition) is 2. The van der Waals surface area contributed by atoms with Crippen LogP contribution in [0.25, 0.3) is 0 Å². The van der Waals surface area contributed by atoms with Crippen molar-refractivity contribution in [2.45, 2.75) is 32.4 Å². The topological polar surface area (TPSA) is 78.9 Å². The average molecular weight is 259 g/mol. The van der Waals surface area contributed by atoms with Gasteiger partial charge < -0.3 is 15.8 Å². The van der Waals surface area contributed by atoms with E-state index in [1.54, 1.807) is 13.8 Å². The molecule has 98 valence electrons. The number of carbonyl (C=O) groups is 1. The Morgan fingerprint density at radius 1 is 1.65 bits per heavy atom. The standard InChI is InChI=1S/C11H21N3O2S/c1-4-8-7-14(5-6-17-8)10(15)11(2,3)9(12)13-16/h8,16H,4-7H2,1-3H3,(H2,12,13). The van der Waals surface area contributed by atoms with Gasteiger partial charge in [-0.25, -0.2) is 0 Å². The van der Waals surface area contributed by atoms with E-state index in [-0.39, 0.29) is 11.7 Å². The fourth-order valence-corrected chi connectivity index (χ4v) is 2.96. The van der Waals surface area contributed by atoms with Crippen molar-refractivity contribution in [3.05, 3.63) is 0 Å². The van der Waals surface area contributed by atoms with E-state index < -0.39 is 5.41 Å². The molecule has 0 bridgehead atoms. The Kier molecular flexibility index (Phi) is 4.68. The minimum atomic E-state index is -0.935. The maximum absolute atomic E-state index is 12.3. The Balaban J connectivity index is 2.75. The molecule has 1 fully saturated rings. The number of rotatable bonds is 3. The molecule has 6 heteroatoms. The molecule has 1 rings (SSSR count). The fraction of sp³-hybridized carbons (Fsp3) is 0.818. The first-order chi connectivity index (χ1) is 7.93. The summed E-state index contributed by atoms with van der Waals surface area (Å²) in [6.45, 7) is 6.99. The number of nitrogens with two attached hydrogens (primary N) is 1. The van der Waals surface area contributed by atoms with Crippen molar-refractivity contribution in [3.63, 3.8) is 0 Å². The second-order valence-electron chi connectivity index (χ2n) is 4.76. The van der Waals surface area contributed by atoms with E-state index in [2.05, 4.69) is 12.1 Å². The molecule has 1 saturated heterocycles. The largest absolute Gasteiger partial charge is 0.409 e. The summed E-state index contributed by atoms with van der Waals surface area (Å²) >= 11 is 1.90. The van der Waals surface area contributed by atoms with Gasteiger partial charge in [0.2, 0.25) is 5.91 Å². The van der Waals surface area contributed by atoms with Crippen molar-refractivity contribution in [2.75, 3.05) is 18.8 Å². The van der Waals surface area contributed by atoms with Gasteiger partial charge in [-0.15, -0.1) is 0 Å². The second kappa shape index (κ2) is 5.62. The molecule has 17 heavy (non-hydrogen) atoms. The summed E-state index contributed by atoms with van der Waals surface area (Å²) in [6, 6.07) is 0. The van der Waals surface area contributed by atoms with Crippen LogP contribution < -0.4 is 5.73 Å². The van der Waals surface area contributed by atoms with Crippen LogP contribution in [-0.2, 0) is 4.79 Å². The number of nitrogens with zero attached hydrogens (tertiary/aromatic N) is 2. The fourth-order valence-electron chi connectivity index (χ4n) is 1.78. The normalized spacial score (nSPS) is 22.6. The van der Waals surface area contributed by atoms with Gasteiger partial charge in [0.25, 0.3) is 0 Å². The van der Waals surface area contributed by atoms with Crippen LogP contribution in [0.3, 0.4) is 0 Å². The highest BCUT2D eigenvalue weighted by atomic mass is 32.2. The van der Waals surface area contributed by atoms with E-state index in [0.29, 0.717) is 5.25 Å². The number of oxime groups is 1. The van der Waals surface area contributed by atoms with Gasteiger partial charge in [0.1, 0.15) is 5.41 Å². The molecule has 1 aliphatic heterocycles. The summed E-state index contributed by atoms with van der Waals surface area (Å²) in [4.78, 5) is 14.1. The van der Waals surface area contributed by atoms with Gasteiger partial charge in [0.05, 0.1) is 0 Å². The first-order valence-corrected chi connectivity index (χ1v) is 6.87. The number of carbonyl (C=O) groups excluding carboxylic acids is 1. The number of amidine groups is 1. The highest BCUT2D eigenvalue weighted by molar-refractivity contribution is 8.00. The van der Waals surface area contributed by atoms with Crippen LogP contribution in [0.5, 0.6) is 0 Å². The van der Waals surface area contributed by atoms with Crippen molar-refractivity contribution < 1.29 is 10.0 Å². The molecule has 1 unspecified atom stereocenters. The number of hydrogen-bond acceptors (Lipinski definition) is 4. The molecule has 0 spiro atoms. The van der Waals surface area contributed by atoms with Crippen LogP contribution >= 0.6 is 11.8 Å². The highest BCUT2D eigenvalue weighted by Crippen LogP contribution is 2.26. The number of amides is 1. The van der Waals surface area contributed by atoms with Gasteiger partial charge in [-0.3, -0.25) is 4.79 Å². The summed E-state index contributed by atoms with van der Waals surface area (Å²) < 4.78 is 0. The third-order valence-electron chi connectivity index (χ3n) is 3.16. The van der Waals surface area contributed by atoms with Gasteiger partial charge in [0.15, 0.2) is 5.84 Å². The molecule has 1 atom stereocenters. The Labute approximate surface area is 106 Å². The highest BCUT2D eigenvalue weighted by Gasteiger charge is 2.37. The zero-order chi connectivity index (χ0) is 13.1. The lowest BCUT2D eigenvalue weighted by Crippen LogP contribution is -2.51. The van der Waals surface area contributed by atoms with E-state index in [1.165, 1.54) is 0 Å². The monoisotopic (exact) mass is 259 g/mol. The third kappa shape index (κ3) is 3.06. The van der Waals surface area contributed by atoms with Crippen LogP contribution in [0.15, 0.2) is 5.16 Å². The summed E-state index contributed by atoms with van der Waals surface area (Å²) in [5.41, 5.74) is 4.64. The minimum absolute atomic E-state index is 0.0335. The van der Waals surface area contributed by atoms with Crippen molar-refractivity contribution >= 4 is 23.5 Å². The zero-order valence-corrected chi connectivity index (χ0v) is 11.5. The third-order valence-corrected chi connectivity index (χ3v) is 4.54. The predicted octanol–water partition coefficient (Wildman–Crippen LogP) is 1.11. The molecule has 0 aliphatic carbocycles. The lowest BCUT2D eigenvalue weighted by atomic mass is 9.90. The first kappa shape index (κ1) is 14.2. The Morgan fingerprint density at radius 2 is 2.29 bits per heavy atom. The summed E-state index contributed by atoms with van der Waals surface area (Å²) in [5, 5.41) is 12.2. The maximum atomic E-state index is 12.3. The molecule has 1 aliphatic rings. The Bertz CT molecular complexity index is 318. The van der Waals surface area contributed by atoms with Gasteiger partial charge in [-0.05, 0) is 20.3 Å². The SMILES string of the molecule is CCC1CN(C(=O)C(C)(C)C(N)=NO)CCS1. The molecule has 0 saturated carbocycles. The van der Waals surface area contributed by atoms with E-state index in [1.807, 2.05) is 16.7 Å². The van der Waals surface area contributed by atoms with Crippen LogP contribution in [0.4, 0.5) is 0 Å². The predicted molar refractivity (Wildman–Crippen MR) is 70.3 cm³/mol. The summed E-state index contributed by atoms with van der Waals surface area (Å²) in [6.07, 6.45) is 1.05.